The van der Waals surface area contributed by atoms with Gasteiger partial charge in [0.2, 0.25) is 11.8 Å². The Labute approximate surface area is 182 Å². The Kier molecular flexibility index (Phi) is 6.03. The molecule has 0 aliphatic heterocycles. The Morgan fingerprint density at radius 3 is 2.77 bits per heavy atom. The zero-order chi connectivity index (χ0) is 21.3. The molecule has 5 N–H and O–H groups in total. The van der Waals surface area contributed by atoms with Gasteiger partial charge in [-0.25, -0.2) is 4.98 Å². The second kappa shape index (κ2) is 8.71. The number of nitrogens with one attached hydrogen (secondary N) is 1. The molecule has 4 rings (SSSR count). The number of hydrogen-bond donors (Lipinski definition) is 3. The van der Waals surface area contributed by atoms with Crippen LogP contribution in [0.4, 0.5) is 17.5 Å². The minimum Gasteiger partial charge on any atom is -0.378 e. The maximum Gasteiger partial charge on any atom is 0.332 e. The van der Waals surface area contributed by atoms with Crippen LogP contribution in [0.25, 0.3) is 10.1 Å². The molecular weight excluding hydrogens is 424 g/mol. The summed E-state index contributed by atoms with van der Waals surface area (Å²) in [5.74, 6) is 0.494. The molecule has 1 aromatic carbocycles. The summed E-state index contributed by atoms with van der Waals surface area (Å²) >= 11 is 7.76. The number of thiophene rings is 1. The van der Waals surface area contributed by atoms with Crippen LogP contribution in [0.5, 0.6) is 0 Å². The van der Waals surface area contributed by atoms with Gasteiger partial charge < -0.3 is 16.8 Å². The molecule has 1 aliphatic carbocycles. The third kappa shape index (κ3) is 4.48. The number of halogens is 1. The maximum absolute atomic E-state index is 11.6. The predicted molar refractivity (Wildman–Crippen MR) is 121 cm³/mol. The highest BCUT2D eigenvalue weighted by molar-refractivity contribution is 7.17. The quantitative estimate of drug-likeness (QED) is 0.374. The van der Waals surface area contributed by atoms with Crippen molar-refractivity contribution >= 4 is 50.5 Å². The van der Waals surface area contributed by atoms with Crippen LogP contribution in [0.1, 0.15) is 36.9 Å². The van der Waals surface area contributed by atoms with Crippen molar-refractivity contribution in [1.82, 2.24) is 9.97 Å². The van der Waals surface area contributed by atoms with Crippen LogP contribution in [0.3, 0.4) is 0 Å². The minimum atomic E-state index is -0.489. The van der Waals surface area contributed by atoms with E-state index in [1.165, 1.54) is 0 Å². The van der Waals surface area contributed by atoms with Crippen molar-refractivity contribution in [3.8, 4) is 0 Å². The molecule has 10 heteroatoms. The van der Waals surface area contributed by atoms with Crippen molar-refractivity contribution in [2.24, 2.45) is 11.7 Å². The molecule has 2 aromatic heterocycles. The molecule has 0 unspecified atom stereocenters. The Bertz CT molecular complexity index is 1080. The van der Waals surface area contributed by atoms with Gasteiger partial charge in [-0.05, 0) is 72.6 Å². The second-order valence-corrected chi connectivity index (χ2v) is 9.07. The van der Waals surface area contributed by atoms with Gasteiger partial charge in [-0.15, -0.1) is 11.3 Å². The Morgan fingerprint density at radius 2 is 2.03 bits per heavy atom. The van der Waals surface area contributed by atoms with Gasteiger partial charge in [0.1, 0.15) is 5.69 Å². The standard InChI is InChI=1S/C20H23ClN6O2S/c21-13-3-6-17-15(8-13)12(10-30-17)9-24-20-25-16(18(27(28)29)19(23)26-20)7-11-1-4-14(22)5-2-11/h3,6,8,10-11,14H,1-2,4-5,7,9,22H2,(H3,23,24,25,26)/t11-,14-. The number of nitrogen functional groups attached to an aromatic ring is 1. The molecule has 1 aliphatic rings. The first-order chi connectivity index (χ1) is 14.4. The van der Waals surface area contributed by atoms with Crippen LogP contribution in [0.15, 0.2) is 23.6 Å². The van der Waals surface area contributed by atoms with Crippen molar-refractivity contribution in [2.75, 3.05) is 11.1 Å². The molecule has 3 aromatic rings. The highest BCUT2D eigenvalue weighted by Gasteiger charge is 2.27. The van der Waals surface area contributed by atoms with E-state index in [0.29, 0.717) is 35.5 Å². The zero-order valence-corrected chi connectivity index (χ0v) is 17.9. The zero-order valence-electron chi connectivity index (χ0n) is 16.3. The van der Waals surface area contributed by atoms with E-state index in [-0.39, 0.29) is 17.5 Å². The molecule has 0 bridgehead atoms. The number of rotatable bonds is 6. The second-order valence-electron chi connectivity index (χ2n) is 7.72. The Hall–Kier alpha value is -2.49. The topological polar surface area (TPSA) is 133 Å². The third-order valence-electron chi connectivity index (χ3n) is 5.59. The molecule has 8 nitrogen and oxygen atoms in total. The lowest BCUT2D eigenvalue weighted by molar-refractivity contribution is -0.385. The summed E-state index contributed by atoms with van der Waals surface area (Å²) in [5.41, 5.74) is 13.2. The molecule has 0 radical (unpaired) electrons. The highest BCUT2D eigenvalue weighted by atomic mass is 35.5. The van der Waals surface area contributed by atoms with Crippen LogP contribution in [-0.4, -0.2) is 20.9 Å². The van der Waals surface area contributed by atoms with Crippen LogP contribution in [0, 0.1) is 16.0 Å². The summed E-state index contributed by atoms with van der Waals surface area (Å²) < 4.78 is 1.14. The normalized spacial score (nSPS) is 19.1. The van der Waals surface area contributed by atoms with Gasteiger partial charge in [0, 0.05) is 22.3 Å². The SMILES string of the molecule is Nc1nc(NCc2csc3ccc(Cl)cc23)nc(C[C@H]2CC[C@H](N)CC2)c1[N+](=O)[O-]. The van der Waals surface area contributed by atoms with Crippen LogP contribution >= 0.6 is 22.9 Å². The molecule has 0 atom stereocenters. The summed E-state index contributed by atoms with van der Waals surface area (Å²) in [6.07, 6.45) is 4.23. The van der Waals surface area contributed by atoms with E-state index >= 15 is 0 Å². The van der Waals surface area contributed by atoms with Gasteiger partial charge in [-0.1, -0.05) is 11.6 Å². The fourth-order valence-corrected chi connectivity index (χ4v) is 5.09. The largest absolute Gasteiger partial charge is 0.378 e. The van der Waals surface area contributed by atoms with Crippen LogP contribution in [-0.2, 0) is 13.0 Å². The van der Waals surface area contributed by atoms with Gasteiger partial charge >= 0.3 is 5.69 Å². The molecule has 0 saturated heterocycles. The molecule has 0 spiro atoms. The van der Waals surface area contributed by atoms with E-state index in [1.807, 2.05) is 18.2 Å². The van der Waals surface area contributed by atoms with Crippen molar-refractivity contribution < 1.29 is 4.92 Å². The van der Waals surface area contributed by atoms with Crippen molar-refractivity contribution in [3.63, 3.8) is 0 Å². The van der Waals surface area contributed by atoms with Crippen molar-refractivity contribution in [1.29, 1.82) is 0 Å². The van der Waals surface area contributed by atoms with Crippen molar-refractivity contribution in [2.45, 2.75) is 44.7 Å². The predicted octanol–water partition coefficient (Wildman–Crippen LogP) is 4.51. The van der Waals surface area contributed by atoms with Gasteiger partial charge in [-0.3, -0.25) is 10.1 Å². The lowest BCUT2D eigenvalue weighted by atomic mass is 9.83. The van der Waals surface area contributed by atoms with Gasteiger partial charge in [0.15, 0.2) is 0 Å². The van der Waals surface area contributed by atoms with E-state index < -0.39 is 4.92 Å². The fourth-order valence-electron chi connectivity index (χ4n) is 3.97. The van der Waals surface area contributed by atoms with Gasteiger partial charge in [0.25, 0.3) is 0 Å². The molecule has 2 heterocycles. The molecule has 158 valence electrons. The average Bonchev–Trinajstić information content (AvgIpc) is 3.09. The first-order valence-corrected chi connectivity index (χ1v) is 11.1. The first kappa shape index (κ1) is 20.8. The number of benzene rings is 1. The maximum atomic E-state index is 11.6. The number of nitrogens with two attached hydrogens (primary N) is 2. The third-order valence-corrected chi connectivity index (χ3v) is 6.84. The summed E-state index contributed by atoms with van der Waals surface area (Å²) in [6, 6.07) is 6.00. The number of aromatic nitrogens is 2. The number of nitro groups is 1. The lowest BCUT2D eigenvalue weighted by Gasteiger charge is -2.25. The number of nitrogens with zero attached hydrogens (tertiary/aromatic N) is 3. The van der Waals surface area contributed by atoms with Gasteiger partial charge in [0.05, 0.1) is 4.92 Å². The molecule has 1 fully saturated rings. The molecular formula is C20H23ClN6O2S. The number of anilines is 2. The van der Waals surface area contributed by atoms with E-state index in [0.717, 1.165) is 41.3 Å². The molecule has 1 saturated carbocycles. The summed E-state index contributed by atoms with van der Waals surface area (Å²) in [7, 11) is 0. The van der Waals surface area contributed by atoms with E-state index in [1.54, 1.807) is 11.3 Å². The fraction of sp³-hybridized carbons (Fsp3) is 0.400. The Morgan fingerprint density at radius 1 is 1.27 bits per heavy atom. The molecule has 0 amide bonds. The summed E-state index contributed by atoms with van der Waals surface area (Å²) in [5, 5.41) is 18.5. The monoisotopic (exact) mass is 446 g/mol. The summed E-state index contributed by atoms with van der Waals surface area (Å²) in [6.45, 7) is 0.468. The van der Waals surface area contributed by atoms with Crippen molar-refractivity contribution in [3.05, 3.63) is 50.0 Å². The van der Waals surface area contributed by atoms with Crippen LogP contribution in [0.2, 0.25) is 5.02 Å². The Balaban J connectivity index is 1.56. The minimum absolute atomic E-state index is 0.113. The average molecular weight is 447 g/mol. The van der Waals surface area contributed by atoms with E-state index in [4.69, 9.17) is 23.1 Å². The smallest absolute Gasteiger partial charge is 0.332 e. The number of hydrogen-bond acceptors (Lipinski definition) is 8. The highest BCUT2D eigenvalue weighted by Crippen LogP contribution is 2.33. The summed E-state index contributed by atoms with van der Waals surface area (Å²) in [4.78, 5) is 19.7. The van der Waals surface area contributed by atoms with Crippen LogP contribution < -0.4 is 16.8 Å². The first-order valence-electron chi connectivity index (χ1n) is 9.86. The van der Waals surface area contributed by atoms with E-state index in [2.05, 4.69) is 20.7 Å². The lowest BCUT2D eigenvalue weighted by Crippen LogP contribution is -2.27. The number of fused-ring (bicyclic) bond motifs is 1. The van der Waals surface area contributed by atoms with E-state index in [9.17, 15) is 10.1 Å². The van der Waals surface area contributed by atoms with Gasteiger partial charge in [-0.2, -0.15) is 4.98 Å². The molecule has 30 heavy (non-hydrogen) atoms.